The number of unbranched alkanes of at least 4 members (excludes halogenated alkanes) is 5. The second-order valence-electron chi connectivity index (χ2n) is 14.0. The van der Waals surface area contributed by atoms with Crippen molar-refractivity contribution < 1.29 is 22.4 Å². The fourth-order valence-corrected chi connectivity index (χ4v) is 8.17. The van der Waals surface area contributed by atoms with E-state index in [0.29, 0.717) is 25.2 Å². The molecule has 4 aliphatic rings. The average Bonchev–Trinajstić information content (AvgIpc) is 3.68. The molecule has 1 spiro atoms. The number of benzene rings is 3. The van der Waals surface area contributed by atoms with E-state index in [1.165, 1.54) is 55.5 Å². The van der Waals surface area contributed by atoms with Crippen molar-refractivity contribution in [1.29, 1.82) is 0 Å². The topological polar surface area (TPSA) is 40.4 Å². The number of nitrogens with zero attached hydrogens (tertiary/aromatic N) is 4. The highest BCUT2D eigenvalue weighted by Crippen LogP contribution is 2.54. The van der Waals surface area contributed by atoms with Gasteiger partial charge < -0.3 is 14.6 Å². The Labute approximate surface area is 286 Å². The first kappa shape index (κ1) is 33.4. The van der Waals surface area contributed by atoms with Crippen LogP contribution in [0.15, 0.2) is 64.3 Å². The molecule has 0 aromatic heterocycles. The molecule has 1 aliphatic carbocycles. The first-order valence-electron chi connectivity index (χ1n) is 17.9. The minimum Gasteiger partial charge on any atom is -0.380 e. The van der Waals surface area contributed by atoms with Gasteiger partial charge in [-0.3, -0.25) is 4.99 Å². The van der Waals surface area contributed by atoms with Gasteiger partial charge in [0.2, 0.25) is 0 Å². The zero-order valence-corrected chi connectivity index (χ0v) is 28.3. The van der Waals surface area contributed by atoms with Crippen molar-refractivity contribution in [3.63, 3.8) is 0 Å². The number of aryl methyl sites for hydroxylation is 2. The van der Waals surface area contributed by atoms with Crippen LogP contribution in [-0.4, -0.2) is 36.2 Å². The molecule has 1 fully saturated rings. The zero-order chi connectivity index (χ0) is 34.1. The molecule has 3 atom stereocenters. The molecule has 3 heterocycles. The van der Waals surface area contributed by atoms with Crippen molar-refractivity contribution >= 4 is 23.9 Å². The fourth-order valence-electron chi connectivity index (χ4n) is 8.17. The smallest absolute Gasteiger partial charge is 0.194 e. The van der Waals surface area contributed by atoms with Crippen LogP contribution in [0.1, 0.15) is 105 Å². The summed E-state index contributed by atoms with van der Waals surface area (Å²) in [6, 6.07) is 12.8. The fraction of sp³-hybridized carbons (Fsp3) is 0.450. The normalized spacial score (nSPS) is 23.6. The second kappa shape index (κ2) is 14.0. The van der Waals surface area contributed by atoms with E-state index in [1.54, 1.807) is 6.07 Å². The first-order chi connectivity index (χ1) is 23.8. The molecule has 258 valence electrons. The van der Waals surface area contributed by atoms with Gasteiger partial charge in [-0.1, -0.05) is 56.3 Å². The molecule has 2 unspecified atom stereocenters. The van der Waals surface area contributed by atoms with Crippen LogP contribution in [0.2, 0.25) is 0 Å². The predicted octanol–water partition coefficient (Wildman–Crippen LogP) is 9.79. The maximum Gasteiger partial charge on any atom is 0.194 e. The van der Waals surface area contributed by atoms with E-state index in [1.807, 2.05) is 6.34 Å². The second-order valence-corrected chi connectivity index (χ2v) is 14.0. The van der Waals surface area contributed by atoms with Crippen LogP contribution < -0.4 is 4.90 Å². The number of halogens is 4. The van der Waals surface area contributed by atoms with Crippen LogP contribution in [0.25, 0.3) is 6.08 Å². The average molecular weight is 673 g/mol. The number of piperidine rings is 1. The Morgan fingerprint density at radius 3 is 2.51 bits per heavy atom. The molecule has 1 saturated heterocycles. The lowest BCUT2D eigenvalue weighted by Crippen LogP contribution is -2.52. The van der Waals surface area contributed by atoms with Crippen molar-refractivity contribution in [1.82, 2.24) is 4.90 Å². The van der Waals surface area contributed by atoms with Crippen LogP contribution in [0.4, 0.5) is 23.2 Å². The van der Waals surface area contributed by atoms with E-state index in [9.17, 15) is 17.6 Å². The molecule has 3 aliphatic heterocycles. The van der Waals surface area contributed by atoms with Crippen LogP contribution in [-0.2, 0) is 23.3 Å². The molecule has 0 radical (unpaired) electrons. The number of amidine groups is 1. The van der Waals surface area contributed by atoms with Crippen molar-refractivity contribution in [2.75, 3.05) is 18.0 Å². The van der Waals surface area contributed by atoms with E-state index in [4.69, 9.17) is 9.99 Å². The molecule has 0 amide bonds. The Morgan fingerprint density at radius 1 is 0.939 bits per heavy atom. The summed E-state index contributed by atoms with van der Waals surface area (Å²) in [6.07, 6.45) is 14.9. The third-order valence-electron chi connectivity index (χ3n) is 10.5. The van der Waals surface area contributed by atoms with Gasteiger partial charge in [-0.05, 0) is 109 Å². The molecule has 7 rings (SSSR count). The molecule has 3 aromatic rings. The Hall–Kier alpha value is -4.14. The van der Waals surface area contributed by atoms with E-state index in [2.05, 4.69) is 52.9 Å². The first-order valence-corrected chi connectivity index (χ1v) is 17.9. The van der Waals surface area contributed by atoms with E-state index in [-0.39, 0.29) is 17.4 Å². The van der Waals surface area contributed by atoms with Gasteiger partial charge in [0.1, 0.15) is 11.9 Å². The number of hydrogen-bond acceptors (Lipinski definition) is 5. The molecule has 9 heteroatoms. The SMILES string of the molecule is CCCCCCCCc1cc(/C=C2\CCCN3C2=NOC2(CCc4cc(F)ccc42)[C@@H]3c2cc(F)c(F)c(F)c2)ccc1N1C=NC(C)C1. The highest BCUT2D eigenvalue weighted by molar-refractivity contribution is 6.03. The summed E-state index contributed by atoms with van der Waals surface area (Å²) in [5.41, 5.74) is 5.12. The van der Waals surface area contributed by atoms with E-state index in [0.717, 1.165) is 66.6 Å². The minimum absolute atomic E-state index is 0.256. The Bertz CT molecular complexity index is 1780. The number of hydrogen-bond donors (Lipinski definition) is 0. The molecule has 0 N–H and O–H groups in total. The van der Waals surface area contributed by atoms with Crippen LogP contribution in [0.3, 0.4) is 0 Å². The Balaban J connectivity index is 1.25. The highest BCUT2D eigenvalue weighted by Gasteiger charge is 2.55. The van der Waals surface area contributed by atoms with Crippen LogP contribution in [0, 0.1) is 23.3 Å². The van der Waals surface area contributed by atoms with Crippen LogP contribution >= 0.6 is 0 Å². The molecule has 49 heavy (non-hydrogen) atoms. The van der Waals surface area contributed by atoms with Gasteiger partial charge in [0.05, 0.1) is 12.4 Å². The minimum atomic E-state index is -1.51. The van der Waals surface area contributed by atoms with Gasteiger partial charge in [0.15, 0.2) is 28.9 Å². The Kier molecular flexibility index (Phi) is 9.53. The third-order valence-corrected chi connectivity index (χ3v) is 10.5. The van der Waals surface area contributed by atoms with Gasteiger partial charge >= 0.3 is 0 Å². The monoisotopic (exact) mass is 672 g/mol. The zero-order valence-electron chi connectivity index (χ0n) is 28.3. The lowest BCUT2D eigenvalue weighted by molar-refractivity contribution is -0.117. The van der Waals surface area contributed by atoms with Gasteiger partial charge in [-0.15, -0.1) is 0 Å². The summed E-state index contributed by atoms with van der Waals surface area (Å²) in [6.45, 7) is 5.78. The van der Waals surface area contributed by atoms with Gasteiger partial charge in [0, 0.05) is 30.8 Å². The van der Waals surface area contributed by atoms with Gasteiger partial charge in [-0.25, -0.2) is 17.6 Å². The molecule has 5 nitrogen and oxygen atoms in total. The van der Waals surface area contributed by atoms with E-state index < -0.39 is 29.1 Å². The number of oxime groups is 1. The number of fused-ring (bicyclic) bond motifs is 3. The van der Waals surface area contributed by atoms with Gasteiger partial charge in [0.25, 0.3) is 0 Å². The van der Waals surface area contributed by atoms with Crippen molar-refractivity contribution in [3.8, 4) is 0 Å². The molecule has 0 bridgehead atoms. The van der Waals surface area contributed by atoms with Crippen LogP contribution in [0.5, 0.6) is 0 Å². The third kappa shape index (κ3) is 6.49. The highest BCUT2D eigenvalue weighted by atomic mass is 19.2. The Morgan fingerprint density at radius 2 is 1.73 bits per heavy atom. The lowest BCUT2D eigenvalue weighted by Gasteiger charge is -2.49. The standard InChI is InChI=1S/C40H44F4N4O/c1-3-4-5-6-7-8-10-29-19-27(12-15-36(29)47-24-26(2)45-25-47)20-30-11-9-18-48-38(31-22-34(42)37(44)35(43)23-31)40(49-46-39(30)48)17-16-28-21-32(41)13-14-33(28)40/h12-15,19-23,25-26,38H,3-11,16-18,24H2,1-2H3/b30-20+/t26?,38-,40?/m0/s1. The van der Waals surface area contributed by atoms with Crippen molar-refractivity contribution in [3.05, 3.63) is 105 Å². The summed E-state index contributed by atoms with van der Waals surface area (Å²) in [5.74, 6) is -3.77. The summed E-state index contributed by atoms with van der Waals surface area (Å²) >= 11 is 0. The maximum atomic E-state index is 14.8. The maximum absolute atomic E-state index is 14.8. The largest absolute Gasteiger partial charge is 0.380 e. The molecule has 3 aromatic carbocycles. The van der Waals surface area contributed by atoms with E-state index >= 15 is 0 Å². The molecule has 0 saturated carbocycles. The lowest BCUT2D eigenvalue weighted by atomic mass is 9.80. The summed E-state index contributed by atoms with van der Waals surface area (Å²) in [4.78, 5) is 15.3. The molecular weight excluding hydrogens is 628 g/mol. The van der Waals surface area contributed by atoms with Crippen molar-refractivity contribution in [2.24, 2.45) is 10.1 Å². The van der Waals surface area contributed by atoms with Gasteiger partial charge in [-0.2, -0.15) is 0 Å². The summed E-state index contributed by atoms with van der Waals surface area (Å²) < 4.78 is 58.1. The summed E-state index contributed by atoms with van der Waals surface area (Å²) in [5, 5.41) is 4.71. The number of anilines is 1. The summed E-state index contributed by atoms with van der Waals surface area (Å²) in [7, 11) is 0. The van der Waals surface area contributed by atoms with Crippen molar-refractivity contribution in [2.45, 2.75) is 102 Å². The molecular formula is C40H44F4N4O. The number of rotatable bonds is 10. The predicted molar refractivity (Wildman–Crippen MR) is 187 cm³/mol. The quantitative estimate of drug-likeness (QED) is 0.122. The number of aliphatic imine (C=N–C) groups is 1.